The van der Waals surface area contributed by atoms with Gasteiger partial charge in [-0.1, -0.05) is 103 Å². The van der Waals surface area contributed by atoms with Crippen LogP contribution in [0.4, 0.5) is 0 Å². The fraction of sp³-hybridized carbons (Fsp3) is 0.240. The quantitative estimate of drug-likeness (QED) is 0.572. The molecule has 0 radical (unpaired) electrons. The monoisotopic (exact) mass is 416 g/mol. The number of benzene rings is 3. The van der Waals surface area contributed by atoms with E-state index in [2.05, 4.69) is 103 Å². The van der Waals surface area contributed by atoms with Crippen molar-refractivity contribution in [2.75, 3.05) is 5.88 Å². The van der Waals surface area contributed by atoms with Crippen molar-refractivity contribution in [1.82, 2.24) is 5.32 Å². The molecular weight excluding hydrogens is 392 g/mol. The molecule has 0 bridgehead atoms. The summed E-state index contributed by atoms with van der Waals surface area (Å²) in [5, 5.41) is 4.94. The zero-order valence-electron chi connectivity index (χ0n) is 16.4. The van der Waals surface area contributed by atoms with Gasteiger partial charge >= 0.3 is 0 Å². The Labute approximate surface area is 181 Å². The lowest BCUT2D eigenvalue weighted by atomic mass is 9.83. The van der Waals surface area contributed by atoms with Gasteiger partial charge in [0, 0.05) is 11.4 Å². The van der Waals surface area contributed by atoms with Crippen molar-refractivity contribution in [2.24, 2.45) is 4.99 Å². The Morgan fingerprint density at radius 3 is 2.21 bits per heavy atom. The lowest BCUT2D eigenvalue weighted by Crippen LogP contribution is -2.48. The fourth-order valence-corrected chi connectivity index (χ4v) is 7.82. The number of rotatable bonds is 4. The lowest BCUT2D eigenvalue weighted by molar-refractivity contribution is 0.375. The zero-order chi connectivity index (χ0) is 19.7. The van der Waals surface area contributed by atoms with Crippen LogP contribution in [-0.4, -0.2) is 20.5 Å². The molecule has 5 rings (SSSR count). The second-order valence-electron chi connectivity index (χ2n) is 7.83. The molecule has 0 amide bonds. The van der Waals surface area contributed by atoms with Crippen LogP contribution in [-0.2, 0) is 6.42 Å². The highest BCUT2D eigenvalue weighted by molar-refractivity contribution is 8.27. The SMILES string of the molecule is C[C@]1(Cc2ccccc2)N=C(c2ccccc2)S[C@@]12SCN[C@H]2c1ccccc1. The van der Waals surface area contributed by atoms with Gasteiger partial charge in [0.05, 0.1) is 16.6 Å². The Hall–Kier alpha value is -2.01. The van der Waals surface area contributed by atoms with Crippen molar-refractivity contribution in [2.45, 2.75) is 29.0 Å². The molecule has 0 aromatic heterocycles. The molecule has 4 heteroatoms. The number of hydrogen-bond acceptors (Lipinski definition) is 4. The van der Waals surface area contributed by atoms with E-state index in [1.165, 1.54) is 16.7 Å². The summed E-state index contributed by atoms with van der Waals surface area (Å²) in [6, 6.07) is 32.5. The third kappa shape index (κ3) is 3.33. The van der Waals surface area contributed by atoms with E-state index in [4.69, 9.17) is 4.99 Å². The number of hydrogen-bond donors (Lipinski definition) is 1. The Balaban J connectivity index is 1.61. The van der Waals surface area contributed by atoms with Crippen LogP contribution in [0.5, 0.6) is 0 Å². The smallest absolute Gasteiger partial charge is 0.113 e. The third-order valence-electron chi connectivity index (χ3n) is 5.85. The zero-order valence-corrected chi connectivity index (χ0v) is 18.0. The van der Waals surface area contributed by atoms with Crippen molar-refractivity contribution in [3.8, 4) is 0 Å². The summed E-state index contributed by atoms with van der Waals surface area (Å²) in [7, 11) is 0. The van der Waals surface area contributed by atoms with Crippen LogP contribution >= 0.6 is 23.5 Å². The molecule has 0 saturated carbocycles. The summed E-state index contributed by atoms with van der Waals surface area (Å²) in [5.41, 5.74) is 3.67. The molecule has 2 aliphatic rings. The van der Waals surface area contributed by atoms with E-state index in [-0.39, 0.29) is 15.7 Å². The molecule has 1 saturated heterocycles. The standard InChI is InChI=1S/C25H24N2S2/c1-24(17-19-11-5-2-6-12-19)25(29-23(27-24)21-15-9-4-10-16-21)22(26-18-28-25)20-13-7-3-8-14-20/h2-16,22,26H,17-18H2,1H3/t22-,24+,25+/m0/s1. The summed E-state index contributed by atoms with van der Waals surface area (Å²) >= 11 is 3.97. The maximum absolute atomic E-state index is 5.42. The Morgan fingerprint density at radius 2 is 1.52 bits per heavy atom. The summed E-state index contributed by atoms with van der Waals surface area (Å²) in [4.78, 5) is 5.42. The van der Waals surface area contributed by atoms with Crippen LogP contribution in [0.25, 0.3) is 0 Å². The van der Waals surface area contributed by atoms with E-state index in [1.807, 2.05) is 23.5 Å². The minimum Gasteiger partial charge on any atom is -0.299 e. The highest BCUT2D eigenvalue weighted by Crippen LogP contribution is 2.63. The molecule has 1 spiro atoms. The van der Waals surface area contributed by atoms with E-state index in [1.54, 1.807) is 0 Å². The van der Waals surface area contributed by atoms with Crippen LogP contribution in [0.3, 0.4) is 0 Å². The minimum absolute atomic E-state index is 0.0879. The average Bonchev–Trinajstić information content (AvgIpc) is 3.32. The van der Waals surface area contributed by atoms with Crippen LogP contribution in [0, 0.1) is 0 Å². The van der Waals surface area contributed by atoms with Crippen molar-refractivity contribution >= 4 is 28.6 Å². The molecule has 146 valence electrons. The molecular formula is C25H24N2S2. The normalized spacial score (nSPS) is 28.6. The van der Waals surface area contributed by atoms with E-state index >= 15 is 0 Å². The fourth-order valence-electron chi connectivity index (χ4n) is 4.43. The third-order valence-corrected chi connectivity index (χ3v) is 9.36. The second-order valence-corrected chi connectivity index (χ2v) is 10.5. The molecule has 0 aliphatic carbocycles. The van der Waals surface area contributed by atoms with Crippen LogP contribution in [0.1, 0.15) is 29.7 Å². The summed E-state index contributed by atoms with van der Waals surface area (Å²) < 4.78 is -0.0879. The van der Waals surface area contributed by atoms with Gasteiger partial charge in [-0.3, -0.25) is 10.3 Å². The number of aliphatic imine (C=N–C) groups is 1. The molecule has 2 nitrogen and oxygen atoms in total. The maximum atomic E-state index is 5.42. The minimum atomic E-state index is -0.223. The van der Waals surface area contributed by atoms with Gasteiger partial charge in [0.2, 0.25) is 0 Å². The van der Waals surface area contributed by atoms with E-state index < -0.39 is 0 Å². The Morgan fingerprint density at radius 1 is 0.897 bits per heavy atom. The van der Waals surface area contributed by atoms with Crippen molar-refractivity contribution in [3.63, 3.8) is 0 Å². The van der Waals surface area contributed by atoms with Gasteiger partial charge in [-0.25, -0.2) is 0 Å². The van der Waals surface area contributed by atoms with E-state index in [0.717, 1.165) is 17.3 Å². The Kier molecular flexibility index (Phi) is 5.02. The largest absolute Gasteiger partial charge is 0.299 e. The van der Waals surface area contributed by atoms with Crippen molar-refractivity contribution in [1.29, 1.82) is 0 Å². The van der Waals surface area contributed by atoms with E-state index in [0.29, 0.717) is 0 Å². The average molecular weight is 417 g/mol. The lowest BCUT2D eigenvalue weighted by Gasteiger charge is -2.41. The number of nitrogens with zero attached hydrogens (tertiary/aromatic N) is 1. The molecule has 29 heavy (non-hydrogen) atoms. The molecule has 3 aromatic rings. The molecule has 3 aromatic carbocycles. The first-order valence-corrected chi connectivity index (χ1v) is 11.8. The van der Waals surface area contributed by atoms with Gasteiger partial charge < -0.3 is 0 Å². The van der Waals surface area contributed by atoms with Gasteiger partial charge in [-0.15, -0.1) is 11.8 Å². The van der Waals surface area contributed by atoms with Crippen molar-refractivity contribution in [3.05, 3.63) is 108 Å². The molecule has 1 N–H and O–H groups in total. The summed E-state index contributed by atoms with van der Waals surface area (Å²) in [6.45, 7) is 2.35. The van der Waals surface area contributed by atoms with Gasteiger partial charge in [0.1, 0.15) is 4.08 Å². The number of thioether (sulfide) groups is 2. The van der Waals surface area contributed by atoms with Gasteiger partial charge in [0.25, 0.3) is 0 Å². The molecule has 2 heterocycles. The van der Waals surface area contributed by atoms with Crippen molar-refractivity contribution < 1.29 is 0 Å². The molecule has 2 aliphatic heterocycles. The van der Waals surface area contributed by atoms with Crippen LogP contribution in [0.15, 0.2) is 96.0 Å². The summed E-state index contributed by atoms with van der Waals surface area (Å²) in [5.74, 6) is 0.939. The maximum Gasteiger partial charge on any atom is 0.113 e. The van der Waals surface area contributed by atoms with Crippen LogP contribution < -0.4 is 5.32 Å². The molecule has 3 atom stereocenters. The summed E-state index contributed by atoms with van der Waals surface area (Å²) in [6.07, 6.45) is 0.926. The highest BCUT2D eigenvalue weighted by atomic mass is 32.2. The first-order chi connectivity index (χ1) is 14.2. The predicted molar refractivity (Wildman–Crippen MR) is 127 cm³/mol. The second kappa shape index (κ2) is 7.67. The van der Waals surface area contributed by atoms with Crippen LogP contribution in [0.2, 0.25) is 0 Å². The van der Waals surface area contributed by atoms with E-state index in [9.17, 15) is 0 Å². The van der Waals surface area contributed by atoms with Gasteiger partial charge in [-0.2, -0.15) is 0 Å². The molecule has 0 unspecified atom stereocenters. The topological polar surface area (TPSA) is 24.4 Å². The Bertz CT molecular complexity index is 1010. The first-order valence-electron chi connectivity index (χ1n) is 10.0. The van der Waals surface area contributed by atoms with Gasteiger partial charge in [-0.05, 0) is 24.5 Å². The predicted octanol–water partition coefficient (Wildman–Crippen LogP) is 5.91. The molecule has 1 fully saturated rings. The first kappa shape index (κ1) is 19.0. The highest BCUT2D eigenvalue weighted by Gasteiger charge is 2.61. The van der Waals surface area contributed by atoms with Gasteiger partial charge in [0.15, 0.2) is 0 Å². The number of nitrogens with one attached hydrogen (secondary N) is 1.